The van der Waals surface area contributed by atoms with Gasteiger partial charge in [0.25, 0.3) is 0 Å². The minimum absolute atomic E-state index is 0.178. The van der Waals surface area contributed by atoms with Crippen LogP contribution in [0.25, 0.3) is 0 Å². The van der Waals surface area contributed by atoms with Crippen molar-refractivity contribution in [3.63, 3.8) is 0 Å². The highest BCUT2D eigenvalue weighted by Gasteiger charge is 2.06. The summed E-state index contributed by atoms with van der Waals surface area (Å²) in [4.78, 5) is 22.5. The zero-order valence-corrected chi connectivity index (χ0v) is 10.4. The summed E-state index contributed by atoms with van der Waals surface area (Å²) < 4.78 is 10.2. The topological polar surface area (TPSA) is 52.6 Å². The van der Waals surface area contributed by atoms with E-state index < -0.39 is 0 Å². The summed E-state index contributed by atoms with van der Waals surface area (Å²) in [7, 11) is 0. The van der Waals surface area contributed by atoms with Crippen molar-refractivity contribution in [2.24, 2.45) is 0 Å². The summed E-state index contributed by atoms with van der Waals surface area (Å²) in [5, 5.41) is 0. The van der Waals surface area contributed by atoms with Crippen molar-refractivity contribution in [2.45, 2.75) is 45.4 Å². The van der Waals surface area contributed by atoms with Crippen molar-refractivity contribution in [3.8, 4) is 0 Å². The van der Waals surface area contributed by atoms with Crippen LogP contribution in [0.5, 0.6) is 0 Å². The van der Waals surface area contributed by atoms with E-state index in [0.29, 0.717) is 38.9 Å². The molecular weight excluding hydrogens is 220 g/mol. The van der Waals surface area contributed by atoms with Gasteiger partial charge >= 0.3 is 11.9 Å². The molecule has 0 N–H and O–H groups in total. The van der Waals surface area contributed by atoms with E-state index >= 15 is 0 Å². The maximum absolute atomic E-state index is 11.3. The Labute approximate surface area is 102 Å². The van der Waals surface area contributed by atoms with E-state index in [0.717, 1.165) is 18.4 Å². The van der Waals surface area contributed by atoms with Gasteiger partial charge in [-0.05, 0) is 26.2 Å². The number of carbonyl (C=O) groups is 2. The smallest absolute Gasteiger partial charge is 0.305 e. The third kappa shape index (κ3) is 6.76. The average Bonchev–Trinajstić information content (AvgIpc) is 2.29. The minimum Gasteiger partial charge on any atom is -0.465 e. The van der Waals surface area contributed by atoms with E-state index in [9.17, 15) is 9.59 Å². The second-order valence-corrected chi connectivity index (χ2v) is 4.24. The molecule has 96 valence electrons. The Balaban J connectivity index is 2.42. The lowest BCUT2D eigenvalue weighted by molar-refractivity contribution is -0.145. The van der Waals surface area contributed by atoms with Gasteiger partial charge in [-0.1, -0.05) is 11.6 Å². The van der Waals surface area contributed by atoms with Crippen LogP contribution in [-0.4, -0.2) is 25.2 Å². The molecule has 0 aromatic rings. The fourth-order valence-corrected chi connectivity index (χ4v) is 1.59. The molecule has 1 aliphatic rings. The zero-order valence-electron chi connectivity index (χ0n) is 10.4. The van der Waals surface area contributed by atoms with Gasteiger partial charge in [0.15, 0.2) is 0 Å². The van der Waals surface area contributed by atoms with Crippen molar-refractivity contribution in [3.05, 3.63) is 11.6 Å². The molecule has 17 heavy (non-hydrogen) atoms. The Morgan fingerprint density at radius 2 is 1.53 bits per heavy atom. The van der Waals surface area contributed by atoms with Gasteiger partial charge in [-0.2, -0.15) is 0 Å². The molecule has 4 heteroatoms. The number of carbonyl (C=O) groups excluding carboxylic acids is 2. The average molecular weight is 240 g/mol. The summed E-state index contributed by atoms with van der Waals surface area (Å²) in [6.45, 7) is 2.87. The number of rotatable bonds is 0. The highest BCUT2D eigenvalue weighted by atomic mass is 16.5. The lowest BCUT2D eigenvalue weighted by Crippen LogP contribution is -2.09. The van der Waals surface area contributed by atoms with Gasteiger partial charge in [0, 0.05) is 19.3 Å². The molecule has 0 saturated heterocycles. The van der Waals surface area contributed by atoms with Crippen LogP contribution in [0.15, 0.2) is 11.6 Å². The van der Waals surface area contributed by atoms with Gasteiger partial charge < -0.3 is 9.47 Å². The number of cyclic esters (lactones) is 2. The fraction of sp³-hybridized carbons (Fsp3) is 0.692. The van der Waals surface area contributed by atoms with E-state index in [2.05, 4.69) is 0 Å². The van der Waals surface area contributed by atoms with Crippen molar-refractivity contribution in [1.82, 2.24) is 0 Å². The molecule has 0 fully saturated rings. The molecule has 0 aromatic carbocycles. The lowest BCUT2D eigenvalue weighted by atomic mass is 10.2. The van der Waals surface area contributed by atoms with Gasteiger partial charge in [0.05, 0.1) is 13.2 Å². The van der Waals surface area contributed by atoms with Crippen molar-refractivity contribution < 1.29 is 19.1 Å². The third-order valence-corrected chi connectivity index (χ3v) is 2.64. The Hall–Kier alpha value is -1.32. The normalized spacial score (nSPS) is 23.9. The first-order valence-electron chi connectivity index (χ1n) is 6.15. The molecule has 1 aliphatic heterocycles. The predicted molar refractivity (Wildman–Crippen MR) is 63.4 cm³/mol. The molecule has 0 radical (unpaired) electrons. The van der Waals surface area contributed by atoms with Crippen LogP contribution >= 0.6 is 0 Å². The Morgan fingerprint density at radius 3 is 2.18 bits per heavy atom. The highest BCUT2D eigenvalue weighted by Crippen LogP contribution is 2.07. The van der Waals surface area contributed by atoms with Crippen LogP contribution in [0.3, 0.4) is 0 Å². The minimum atomic E-state index is -0.179. The fourth-order valence-electron chi connectivity index (χ4n) is 1.59. The first kappa shape index (κ1) is 13.7. The van der Waals surface area contributed by atoms with Crippen molar-refractivity contribution >= 4 is 11.9 Å². The number of ether oxygens (including phenoxy) is 2. The third-order valence-electron chi connectivity index (χ3n) is 2.64. The first-order chi connectivity index (χ1) is 8.18. The summed E-state index contributed by atoms with van der Waals surface area (Å²) >= 11 is 0. The SMILES string of the molecule is C/C1=C\CCOC(=O)CCCCC(=O)OCC1. The molecule has 0 aromatic heterocycles. The number of hydrogen-bond donors (Lipinski definition) is 0. The second kappa shape index (κ2) is 7.87. The van der Waals surface area contributed by atoms with E-state index in [1.54, 1.807) is 0 Å². The van der Waals surface area contributed by atoms with Gasteiger partial charge in [-0.3, -0.25) is 9.59 Å². The van der Waals surface area contributed by atoms with Crippen molar-refractivity contribution in [2.75, 3.05) is 13.2 Å². The van der Waals surface area contributed by atoms with Crippen LogP contribution in [-0.2, 0) is 19.1 Å². The molecular formula is C13H20O4. The van der Waals surface area contributed by atoms with Gasteiger partial charge in [-0.25, -0.2) is 0 Å². The van der Waals surface area contributed by atoms with Crippen molar-refractivity contribution in [1.29, 1.82) is 0 Å². The molecule has 0 aliphatic carbocycles. The Bertz CT molecular complexity index is 294. The lowest BCUT2D eigenvalue weighted by Gasteiger charge is -2.07. The van der Waals surface area contributed by atoms with Crippen LogP contribution in [0, 0.1) is 0 Å². The molecule has 0 bridgehead atoms. The van der Waals surface area contributed by atoms with Crippen LogP contribution < -0.4 is 0 Å². The molecule has 0 spiro atoms. The Kier molecular flexibility index (Phi) is 6.37. The second-order valence-electron chi connectivity index (χ2n) is 4.24. The first-order valence-corrected chi connectivity index (χ1v) is 6.15. The monoisotopic (exact) mass is 240 g/mol. The van der Waals surface area contributed by atoms with Crippen LogP contribution in [0.4, 0.5) is 0 Å². The maximum atomic E-state index is 11.3. The van der Waals surface area contributed by atoms with Crippen LogP contribution in [0.1, 0.15) is 45.4 Å². The maximum Gasteiger partial charge on any atom is 0.305 e. The molecule has 0 saturated carbocycles. The van der Waals surface area contributed by atoms with E-state index in [-0.39, 0.29) is 11.9 Å². The largest absolute Gasteiger partial charge is 0.465 e. The van der Waals surface area contributed by atoms with E-state index in [1.807, 2.05) is 13.0 Å². The molecule has 0 amide bonds. The molecule has 0 atom stereocenters. The standard InChI is InChI=1S/C13H20O4/c1-11-5-4-9-16-12(14)6-2-3-7-13(15)17-10-8-11/h5H,2-4,6-10H2,1H3/b11-5+. The predicted octanol–water partition coefficient (Wildman–Crippen LogP) is 2.37. The quantitative estimate of drug-likeness (QED) is 0.482. The Morgan fingerprint density at radius 1 is 0.941 bits per heavy atom. The molecule has 0 unspecified atom stereocenters. The molecule has 4 nitrogen and oxygen atoms in total. The van der Waals surface area contributed by atoms with E-state index in [1.165, 1.54) is 0 Å². The summed E-state index contributed by atoms with van der Waals surface area (Å²) in [6.07, 6.45) is 5.63. The number of esters is 2. The van der Waals surface area contributed by atoms with E-state index in [4.69, 9.17) is 9.47 Å². The molecule has 1 rings (SSSR count). The van der Waals surface area contributed by atoms with Crippen LogP contribution in [0.2, 0.25) is 0 Å². The highest BCUT2D eigenvalue weighted by molar-refractivity contribution is 5.70. The van der Waals surface area contributed by atoms with Gasteiger partial charge in [0.2, 0.25) is 0 Å². The summed E-state index contributed by atoms with van der Waals surface area (Å²) in [5.41, 5.74) is 1.16. The van der Waals surface area contributed by atoms with Gasteiger partial charge in [0.1, 0.15) is 0 Å². The summed E-state index contributed by atoms with van der Waals surface area (Å²) in [5.74, 6) is -0.357. The zero-order chi connectivity index (χ0) is 12.5. The summed E-state index contributed by atoms with van der Waals surface area (Å²) in [6, 6.07) is 0. The van der Waals surface area contributed by atoms with Gasteiger partial charge in [-0.15, -0.1) is 0 Å². The number of hydrogen-bond acceptors (Lipinski definition) is 4. The molecule has 1 heterocycles.